The van der Waals surface area contributed by atoms with Crippen LogP contribution in [0.5, 0.6) is 6.01 Å². The summed E-state index contributed by atoms with van der Waals surface area (Å²) >= 11 is 5.89. The van der Waals surface area contributed by atoms with Crippen LogP contribution in [0.15, 0.2) is 12.4 Å². The van der Waals surface area contributed by atoms with Crippen LogP contribution < -0.4 is 9.64 Å². The Hall–Kier alpha value is -2.80. The summed E-state index contributed by atoms with van der Waals surface area (Å²) in [5.41, 5.74) is -1.55. The van der Waals surface area contributed by atoms with Crippen molar-refractivity contribution in [1.29, 1.82) is 0 Å². The quantitative estimate of drug-likeness (QED) is 0.373. The summed E-state index contributed by atoms with van der Waals surface area (Å²) in [4.78, 5) is 20.1. The maximum atomic E-state index is 14.9. The fourth-order valence-corrected chi connectivity index (χ4v) is 5.66. The summed E-state index contributed by atoms with van der Waals surface area (Å²) in [6.07, 6.45) is -1.16. The molecule has 0 N–H and O–H groups in total. The Morgan fingerprint density at radius 2 is 2.00 bits per heavy atom. The van der Waals surface area contributed by atoms with E-state index in [1.54, 1.807) is 4.90 Å². The second-order valence-electron chi connectivity index (χ2n) is 9.47. The number of nitrogens with zero attached hydrogens (tertiary/aromatic N) is 7. The normalized spacial score (nSPS) is 24.4. The van der Waals surface area contributed by atoms with Crippen LogP contribution in [0.3, 0.4) is 0 Å². The number of alkyl halides is 4. The Morgan fingerprint density at radius 3 is 2.81 bits per heavy atom. The molecule has 3 aliphatic rings. The molecule has 8 nitrogen and oxygen atoms in total. The first-order chi connectivity index (χ1) is 17.1. The molecule has 0 saturated carbocycles. The molecule has 0 radical (unpaired) electrons. The highest BCUT2D eigenvalue weighted by molar-refractivity contribution is 6.30. The van der Waals surface area contributed by atoms with Gasteiger partial charge in [0.1, 0.15) is 29.9 Å². The van der Waals surface area contributed by atoms with E-state index >= 15 is 0 Å². The smallest absolute Gasteiger partial charge is 0.434 e. The number of anilines is 1. The monoisotopic (exact) mass is 529 g/mol. The number of rotatable bonds is 4. The highest BCUT2D eigenvalue weighted by Crippen LogP contribution is 2.41. The van der Waals surface area contributed by atoms with Crippen LogP contribution in [0.1, 0.15) is 30.8 Å². The molecule has 0 aromatic carbocycles. The number of halogens is 6. The molecule has 3 aromatic heterocycles. The molecule has 36 heavy (non-hydrogen) atoms. The number of aromatic nitrogens is 5. The van der Waals surface area contributed by atoms with Gasteiger partial charge in [-0.1, -0.05) is 11.6 Å². The van der Waals surface area contributed by atoms with Crippen LogP contribution in [0.2, 0.25) is 5.15 Å². The predicted molar refractivity (Wildman–Crippen MR) is 119 cm³/mol. The van der Waals surface area contributed by atoms with Gasteiger partial charge in [0.25, 0.3) is 0 Å². The molecule has 14 heteroatoms. The van der Waals surface area contributed by atoms with Crippen molar-refractivity contribution in [2.24, 2.45) is 0 Å². The molecule has 0 spiro atoms. The molecular weight excluding hydrogens is 509 g/mol. The van der Waals surface area contributed by atoms with Gasteiger partial charge in [-0.15, -0.1) is 0 Å². The van der Waals surface area contributed by atoms with E-state index in [4.69, 9.17) is 16.3 Å². The summed E-state index contributed by atoms with van der Waals surface area (Å²) in [6, 6.07) is -0.118. The third-order valence-electron chi connectivity index (χ3n) is 7.22. The van der Waals surface area contributed by atoms with E-state index in [0.29, 0.717) is 13.0 Å². The lowest BCUT2D eigenvalue weighted by atomic mass is 9.95. The van der Waals surface area contributed by atoms with E-state index in [2.05, 4.69) is 24.8 Å². The maximum absolute atomic E-state index is 14.9. The number of pyridine rings is 1. The third kappa shape index (κ3) is 3.92. The van der Waals surface area contributed by atoms with Crippen LogP contribution >= 0.6 is 11.6 Å². The van der Waals surface area contributed by atoms with Gasteiger partial charge in [-0.3, -0.25) is 4.90 Å². The molecule has 2 fully saturated rings. The predicted octanol–water partition coefficient (Wildman–Crippen LogP) is 4.01. The molecule has 3 aromatic rings. The summed E-state index contributed by atoms with van der Waals surface area (Å²) < 4.78 is 75.9. The van der Waals surface area contributed by atoms with Crippen LogP contribution in [-0.4, -0.2) is 67.4 Å². The molecule has 3 aliphatic heterocycles. The van der Waals surface area contributed by atoms with E-state index in [9.17, 15) is 22.0 Å². The van der Waals surface area contributed by atoms with Gasteiger partial charge >= 0.3 is 12.2 Å². The number of fused-ring (bicyclic) bond motifs is 3. The summed E-state index contributed by atoms with van der Waals surface area (Å²) in [5, 5.41) is -0.135. The van der Waals surface area contributed by atoms with Gasteiger partial charge in [0.05, 0.1) is 17.5 Å². The molecule has 0 aliphatic carbocycles. The van der Waals surface area contributed by atoms with Gasteiger partial charge < -0.3 is 14.2 Å². The minimum atomic E-state index is -4.56. The lowest BCUT2D eigenvalue weighted by Crippen LogP contribution is -2.43. The molecule has 0 unspecified atom stereocenters. The number of hydrogen-bond acceptors (Lipinski definition) is 7. The van der Waals surface area contributed by atoms with Crippen molar-refractivity contribution in [2.45, 2.75) is 50.2 Å². The zero-order valence-corrected chi connectivity index (χ0v) is 19.7. The Balaban J connectivity index is 1.35. The van der Waals surface area contributed by atoms with Gasteiger partial charge in [-0.2, -0.15) is 23.1 Å². The Bertz CT molecular complexity index is 1330. The highest BCUT2D eigenvalue weighted by Gasteiger charge is 2.49. The first-order valence-electron chi connectivity index (χ1n) is 11.5. The van der Waals surface area contributed by atoms with Gasteiger partial charge in [0, 0.05) is 38.4 Å². The molecule has 0 amide bonds. The summed E-state index contributed by atoms with van der Waals surface area (Å²) in [6.45, 7) is 1.79. The number of hydrogen-bond donors (Lipinski definition) is 0. The largest absolute Gasteiger partial charge is 0.461 e. The molecule has 2 saturated heterocycles. The molecule has 6 heterocycles. The Labute approximate surface area is 207 Å². The third-order valence-corrected chi connectivity index (χ3v) is 7.49. The minimum absolute atomic E-state index is 0.00707. The van der Waals surface area contributed by atoms with Gasteiger partial charge in [-0.25, -0.2) is 18.7 Å². The highest BCUT2D eigenvalue weighted by atomic mass is 35.5. The number of imidazole rings is 1. The fraction of sp³-hybridized carbons (Fsp3) is 0.545. The van der Waals surface area contributed by atoms with Crippen LogP contribution in [0, 0.1) is 5.82 Å². The van der Waals surface area contributed by atoms with Crippen LogP contribution in [-0.2, 0) is 19.3 Å². The van der Waals surface area contributed by atoms with Crippen molar-refractivity contribution >= 4 is 28.3 Å². The van der Waals surface area contributed by atoms with E-state index in [1.165, 1.54) is 10.8 Å². The topological polar surface area (TPSA) is 72.2 Å². The zero-order valence-electron chi connectivity index (χ0n) is 18.9. The lowest BCUT2D eigenvalue weighted by molar-refractivity contribution is -0.141. The minimum Gasteiger partial charge on any atom is -0.461 e. The van der Waals surface area contributed by atoms with Gasteiger partial charge in [0.15, 0.2) is 16.7 Å². The molecule has 192 valence electrons. The molecule has 2 atom stereocenters. The van der Waals surface area contributed by atoms with E-state index in [1.807, 2.05) is 0 Å². The van der Waals surface area contributed by atoms with Crippen molar-refractivity contribution < 1.29 is 26.7 Å². The van der Waals surface area contributed by atoms with Crippen molar-refractivity contribution in [3.05, 3.63) is 34.9 Å². The Morgan fingerprint density at radius 1 is 1.17 bits per heavy atom. The first-order valence-corrected chi connectivity index (χ1v) is 11.9. The van der Waals surface area contributed by atoms with Crippen LogP contribution in [0.25, 0.3) is 10.9 Å². The van der Waals surface area contributed by atoms with Crippen LogP contribution in [0.4, 0.5) is 27.8 Å². The second kappa shape index (κ2) is 8.37. The maximum Gasteiger partial charge on any atom is 0.434 e. The first kappa shape index (κ1) is 23.6. The second-order valence-corrected chi connectivity index (χ2v) is 9.83. The van der Waals surface area contributed by atoms with E-state index in [-0.39, 0.29) is 59.9 Å². The standard InChI is InChI=1S/C22H21ClF5N7O/c23-18-16(25)17-13(7-29-18)19(34-5-4-33-9-14(22(26,27)28)30-15(33)10-34)32-20(31-17)36-11-21-2-1-3-35(21)8-12(24)6-21/h7,9,12H,1-6,8,10-11H2/t12-,21+/m0/s1. The number of ether oxygens (including phenoxy) is 1. The van der Waals surface area contributed by atoms with E-state index < -0.39 is 29.4 Å². The van der Waals surface area contributed by atoms with Crippen molar-refractivity contribution in [3.8, 4) is 6.01 Å². The molecule has 6 rings (SSSR count). The molecule has 0 bridgehead atoms. The van der Waals surface area contributed by atoms with Gasteiger partial charge in [0.2, 0.25) is 0 Å². The van der Waals surface area contributed by atoms with Crippen molar-refractivity contribution in [1.82, 2.24) is 29.4 Å². The van der Waals surface area contributed by atoms with Crippen molar-refractivity contribution in [3.63, 3.8) is 0 Å². The van der Waals surface area contributed by atoms with Crippen molar-refractivity contribution in [2.75, 3.05) is 31.1 Å². The average Bonchev–Trinajstić information content (AvgIpc) is 3.51. The summed E-state index contributed by atoms with van der Waals surface area (Å²) in [7, 11) is 0. The molecular formula is C22H21ClF5N7O. The average molecular weight is 530 g/mol. The Kier molecular flexibility index (Phi) is 5.48. The summed E-state index contributed by atoms with van der Waals surface area (Å²) in [5.74, 6) is -0.409. The lowest BCUT2D eigenvalue weighted by Gasteiger charge is -2.31. The zero-order chi connectivity index (χ0) is 25.2. The fourth-order valence-electron chi connectivity index (χ4n) is 5.52. The van der Waals surface area contributed by atoms with E-state index in [0.717, 1.165) is 25.6 Å². The SMILES string of the molecule is Fc1c(Cl)ncc2c(N3CCn4cc(C(F)(F)F)nc4C3)nc(OC[C@]34CCCN3C[C@@H](F)C4)nc12. The van der Waals surface area contributed by atoms with Gasteiger partial charge in [-0.05, 0) is 19.4 Å².